The lowest BCUT2D eigenvalue weighted by Gasteiger charge is -2.10. The van der Waals surface area contributed by atoms with E-state index in [1.165, 1.54) is 7.11 Å². The van der Waals surface area contributed by atoms with Crippen LogP contribution in [0.2, 0.25) is 0 Å². The van der Waals surface area contributed by atoms with Crippen molar-refractivity contribution in [3.63, 3.8) is 0 Å². The first-order valence-corrected chi connectivity index (χ1v) is 8.63. The molecule has 0 aliphatic carbocycles. The summed E-state index contributed by atoms with van der Waals surface area (Å²) in [4.78, 5) is 0.257. The zero-order valence-electron chi connectivity index (χ0n) is 11.1. The first-order valence-electron chi connectivity index (χ1n) is 6.18. The second-order valence-corrected chi connectivity index (χ2v) is 7.25. The Balaban J connectivity index is 2.76. The molecule has 0 aliphatic heterocycles. The van der Waals surface area contributed by atoms with Gasteiger partial charge in [-0.25, -0.2) is 8.42 Å². The number of halogens is 1. The molecule has 0 radical (unpaired) electrons. The molecule has 0 N–H and O–H groups in total. The Kier molecular flexibility index (Phi) is 6.58. The highest BCUT2D eigenvalue weighted by atomic mass is 79.9. The van der Waals surface area contributed by atoms with Crippen LogP contribution in [0.4, 0.5) is 0 Å². The van der Waals surface area contributed by atoms with Crippen LogP contribution in [-0.2, 0) is 9.84 Å². The maximum Gasteiger partial charge on any atom is 0.182 e. The number of sulfone groups is 1. The van der Waals surface area contributed by atoms with Gasteiger partial charge in [-0.15, -0.1) is 6.58 Å². The minimum absolute atomic E-state index is 0.150. The Morgan fingerprint density at radius 3 is 2.68 bits per heavy atom. The van der Waals surface area contributed by atoms with Crippen LogP contribution in [0.15, 0.2) is 40.2 Å². The van der Waals surface area contributed by atoms with E-state index in [2.05, 4.69) is 22.5 Å². The van der Waals surface area contributed by atoms with Gasteiger partial charge in [0.15, 0.2) is 9.84 Å². The Morgan fingerprint density at radius 1 is 1.32 bits per heavy atom. The molecule has 0 aromatic heterocycles. The van der Waals surface area contributed by atoms with Crippen molar-refractivity contribution >= 4 is 25.8 Å². The van der Waals surface area contributed by atoms with E-state index in [1.807, 2.05) is 6.08 Å². The normalized spacial score (nSPS) is 11.3. The molecule has 0 amide bonds. The second-order valence-electron chi connectivity index (χ2n) is 4.25. The molecule has 0 spiro atoms. The van der Waals surface area contributed by atoms with Gasteiger partial charge < -0.3 is 4.74 Å². The number of benzene rings is 1. The fourth-order valence-corrected chi connectivity index (χ4v) is 3.84. The Labute approximate surface area is 123 Å². The summed E-state index contributed by atoms with van der Waals surface area (Å²) < 4.78 is 30.4. The fourth-order valence-electron chi connectivity index (χ4n) is 1.76. The maximum atomic E-state index is 12.3. The molecular formula is C14H19BrO3S. The second kappa shape index (κ2) is 7.70. The van der Waals surface area contributed by atoms with Crippen LogP contribution in [0, 0.1) is 0 Å². The summed E-state index contributed by atoms with van der Waals surface area (Å²) in [5.41, 5.74) is 0. The van der Waals surface area contributed by atoms with Crippen LogP contribution in [0.1, 0.15) is 25.7 Å². The summed E-state index contributed by atoms with van der Waals surface area (Å²) >= 11 is 3.29. The molecule has 0 aliphatic rings. The average Bonchev–Trinajstić information content (AvgIpc) is 2.38. The largest absolute Gasteiger partial charge is 0.495 e. The first kappa shape index (κ1) is 16.2. The Hall–Kier alpha value is -0.810. The topological polar surface area (TPSA) is 43.4 Å². The third-order valence-electron chi connectivity index (χ3n) is 2.78. The lowest BCUT2D eigenvalue weighted by molar-refractivity contribution is 0.402. The van der Waals surface area contributed by atoms with Crippen LogP contribution in [0.3, 0.4) is 0 Å². The highest BCUT2D eigenvalue weighted by Crippen LogP contribution is 2.28. The number of unbranched alkanes of at least 4 members (excludes halogenated alkanes) is 3. The van der Waals surface area contributed by atoms with Crippen molar-refractivity contribution in [3.8, 4) is 5.75 Å². The molecule has 19 heavy (non-hydrogen) atoms. The summed E-state index contributed by atoms with van der Waals surface area (Å²) in [5, 5.41) is 0. The van der Waals surface area contributed by atoms with Crippen LogP contribution in [0.5, 0.6) is 5.75 Å². The van der Waals surface area contributed by atoms with Crippen molar-refractivity contribution in [1.82, 2.24) is 0 Å². The summed E-state index contributed by atoms with van der Waals surface area (Å²) in [5.74, 6) is 0.547. The monoisotopic (exact) mass is 346 g/mol. The highest BCUT2D eigenvalue weighted by Gasteiger charge is 2.19. The lowest BCUT2D eigenvalue weighted by Crippen LogP contribution is -2.08. The number of hydrogen-bond acceptors (Lipinski definition) is 3. The van der Waals surface area contributed by atoms with Gasteiger partial charge in [-0.2, -0.15) is 0 Å². The molecule has 0 fully saturated rings. The maximum absolute atomic E-state index is 12.3. The predicted molar refractivity (Wildman–Crippen MR) is 81.4 cm³/mol. The van der Waals surface area contributed by atoms with Crippen molar-refractivity contribution in [1.29, 1.82) is 0 Å². The van der Waals surface area contributed by atoms with Crippen LogP contribution < -0.4 is 4.74 Å². The summed E-state index contributed by atoms with van der Waals surface area (Å²) in [7, 11) is -1.82. The highest BCUT2D eigenvalue weighted by molar-refractivity contribution is 9.10. The van der Waals surface area contributed by atoms with E-state index in [4.69, 9.17) is 4.74 Å². The number of hydrogen-bond donors (Lipinski definition) is 0. The van der Waals surface area contributed by atoms with E-state index in [0.717, 1.165) is 23.7 Å². The molecule has 0 saturated carbocycles. The molecule has 0 bridgehead atoms. The van der Waals surface area contributed by atoms with E-state index in [1.54, 1.807) is 18.2 Å². The molecule has 0 unspecified atom stereocenters. The standard InChI is InChI=1S/C14H19BrO3S/c1-3-4-5-6-7-10-19(16,17)14-11-12(15)8-9-13(14)18-2/h3,8-9,11H,1,4-7,10H2,2H3. The molecule has 1 rings (SSSR count). The van der Waals surface area contributed by atoms with Gasteiger partial charge >= 0.3 is 0 Å². The number of rotatable bonds is 8. The van der Waals surface area contributed by atoms with Gasteiger partial charge in [0.25, 0.3) is 0 Å². The van der Waals surface area contributed by atoms with Crippen molar-refractivity contribution < 1.29 is 13.2 Å². The third kappa shape index (κ3) is 4.99. The molecule has 5 heteroatoms. The van der Waals surface area contributed by atoms with E-state index in [-0.39, 0.29) is 10.6 Å². The van der Waals surface area contributed by atoms with E-state index < -0.39 is 9.84 Å². The van der Waals surface area contributed by atoms with Crippen LogP contribution in [-0.4, -0.2) is 21.3 Å². The van der Waals surface area contributed by atoms with Crippen molar-refractivity contribution in [2.75, 3.05) is 12.9 Å². The summed E-state index contributed by atoms with van der Waals surface area (Å²) in [6, 6.07) is 5.02. The number of methoxy groups -OCH3 is 1. The molecular weight excluding hydrogens is 328 g/mol. The Bertz CT molecular complexity index is 523. The van der Waals surface area contributed by atoms with Gasteiger partial charge in [0.1, 0.15) is 10.6 Å². The van der Waals surface area contributed by atoms with Crippen molar-refractivity contribution in [2.45, 2.75) is 30.6 Å². The molecule has 0 saturated heterocycles. The van der Waals surface area contributed by atoms with Gasteiger partial charge in [0, 0.05) is 4.47 Å². The fraction of sp³-hybridized carbons (Fsp3) is 0.429. The molecule has 0 heterocycles. The molecule has 0 atom stereocenters. The Morgan fingerprint density at radius 2 is 2.05 bits per heavy atom. The third-order valence-corrected chi connectivity index (χ3v) is 5.09. The zero-order chi connectivity index (χ0) is 14.3. The smallest absolute Gasteiger partial charge is 0.182 e. The van der Waals surface area contributed by atoms with E-state index >= 15 is 0 Å². The molecule has 1 aromatic carbocycles. The van der Waals surface area contributed by atoms with Crippen molar-refractivity contribution in [3.05, 3.63) is 35.3 Å². The number of ether oxygens (including phenoxy) is 1. The van der Waals surface area contributed by atoms with Gasteiger partial charge in [0.2, 0.25) is 0 Å². The molecule has 106 valence electrons. The van der Waals surface area contributed by atoms with Crippen LogP contribution in [0.25, 0.3) is 0 Å². The van der Waals surface area contributed by atoms with Gasteiger partial charge in [-0.1, -0.05) is 28.4 Å². The first-order chi connectivity index (χ1) is 9.01. The minimum Gasteiger partial charge on any atom is -0.495 e. The molecule has 1 aromatic rings. The quantitative estimate of drug-likeness (QED) is 0.528. The average molecular weight is 347 g/mol. The predicted octanol–water partition coefficient (Wildman–Crippen LogP) is 3.98. The van der Waals surface area contributed by atoms with Crippen LogP contribution >= 0.6 is 15.9 Å². The van der Waals surface area contributed by atoms with Gasteiger partial charge in [0.05, 0.1) is 12.9 Å². The van der Waals surface area contributed by atoms with Gasteiger partial charge in [-0.05, 0) is 37.5 Å². The number of allylic oxidation sites excluding steroid dienone is 1. The zero-order valence-corrected chi connectivity index (χ0v) is 13.5. The SMILES string of the molecule is C=CCCCCCS(=O)(=O)c1cc(Br)ccc1OC. The van der Waals surface area contributed by atoms with E-state index in [9.17, 15) is 8.42 Å². The summed E-state index contributed by atoms with van der Waals surface area (Å²) in [6.45, 7) is 3.65. The minimum atomic E-state index is -3.29. The summed E-state index contributed by atoms with van der Waals surface area (Å²) in [6.07, 6.45) is 5.31. The van der Waals surface area contributed by atoms with Gasteiger partial charge in [-0.3, -0.25) is 0 Å². The van der Waals surface area contributed by atoms with E-state index in [0.29, 0.717) is 12.2 Å². The molecule has 3 nitrogen and oxygen atoms in total. The van der Waals surface area contributed by atoms with Crippen molar-refractivity contribution in [2.24, 2.45) is 0 Å². The lowest BCUT2D eigenvalue weighted by atomic mass is 10.2.